The van der Waals surface area contributed by atoms with Gasteiger partial charge in [-0.25, -0.2) is 4.98 Å². The Morgan fingerprint density at radius 1 is 1.21 bits per heavy atom. The van der Waals surface area contributed by atoms with Gasteiger partial charge in [-0.3, -0.25) is 0 Å². The van der Waals surface area contributed by atoms with Crippen molar-refractivity contribution in [2.24, 2.45) is 0 Å². The van der Waals surface area contributed by atoms with Crippen LogP contribution in [0.4, 0.5) is 0 Å². The molecule has 3 nitrogen and oxygen atoms in total. The Balaban J connectivity index is 2.15. The van der Waals surface area contributed by atoms with Gasteiger partial charge in [0, 0.05) is 23.3 Å². The molecule has 2 rings (SSSR count). The first-order valence-corrected chi connectivity index (χ1v) is 6.62. The number of hydrogen-bond acceptors (Lipinski definition) is 3. The summed E-state index contributed by atoms with van der Waals surface area (Å²) >= 11 is 11.9. The minimum absolute atomic E-state index is 0.251. The van der Waals surface area contributed by atoms with Gasteiger partial charge >= 0.3 is 0 Å². The Morgan fingerprint density at radius 3 is 2.58 bits per heavy atom. The van der Waals surface area contributed by atoms with E-state index in [1.54, 1.807) is 24.4 Å². The molecule has 1 heterocycles. The van der Waals surface area contributed by atoms with E-state index in [-0.39, 0.29) is 6.04 Å². The molecule has 1 N–H and O–H groups in total. The van der Waals surface area contributed by atoms with Crippen LogP contribution in [-0.4, -0.2) is 12.0 Å². The number of benzene rings is 1. The fourth-order valence-electron chi connectivity index (χ4n) is 1.55. The number of nitrogens with zero attached hydrogens (tertiary/aromatic N) is 1. The van der Waals surface area contributed by atoms with Crippen LogP contribution in [0.15, 0.2) is 36.5 Å². The van der Waals surface area contributed by atoms with Crippen molar-refractivity contribution in [1.82, 2.24) is 10.3 Å². The lowest BCUT2D eigenvalue weighted by Crippen LogP contribution is -2.12. The molecule has 0 saturated heterocycles. The fraction of sp³-hybridized carbons (Fsp3) is 0.214. The predicted octanol–water partition coefficient (Wildman–Crippen LogP) is 4.46. The Bertz CT molecular complexity index is 558. The van der Waals surface area contributed by atoms with Crippen molar-refractivity contribution in [2.75, 3.05) is 7.05 Å². The van der Waals surface area contributed by atoms with Crippen LogP contribution < -0.4 is 10.1 Å². The van der Waals surface area contributed by atoms with Gasteiger partial charge in [0.05, 0.1) is 5.02 Å². The second-order valence-electron chi connectivity index (χ2n) is 4.12. The summed E-state index contributed by atoms with van der Waals surface area (Å²) in [5, 5.41) is 4.18. The maximum atomic E-state index is 6.04. The SMILES string of the molecule is CNC(C)c1ccc(Oc2ccc(Cl)cc2Cl)nc1. The highest BCUT2D eigenvalue weighted by Gasteiger charge is 2.06. The summed E-state index contributed by atoms with van der Waals surface area (Å²) in [6.07, 6.45) is 1.78. The number of ether oxygens (including phenoxy) is 1. The standard InChI is InChI=1S/C14H14Cl2N2O/c1-9(17-2)10-3-6-14(18-8-10)19-13-5-4-11(15)7-12(13)16/h3-9,17H,1-2H3. The molecule has 1 atom stereocenters. The van der Waals surface area contributed by atoms with Crippen LogP contribution in [0.2, 0.25) is 10.0 Å². The first-order valence-electron chi connectivity index (χ1n) is 5.86. The van der Waals surface area contributed by atoms with Gasteiger partial charge < -0.3 is 10.1 Å². The van der Waals surface area contributed by atoms with Crippen LogP contribution in [0.25, 0.3) is 0 Å². The van der Waals surface area contributed by atoms with Gasteiger partial charge in [-0.2, -0.15) is 0 Å². The number of hydrogen-bond donors (Lipinski definition) is 1. The van der Waals surface area contributed by atoms with Crippen LogP contribution in [0, 0.1) is 0 Å². The number of nitrogens with one attached hydrogen (secondary N) is 1. The Kier molecular flexibility index (Phi) is 4.64. The van der Waals surface area contributed by atoms with Gasteiger partial charge in [-0.05, 0) is 37.7 Å². The zero-order valence-electron chi connectivity index (χ0n) is 10.7. The average molecular weight is 297 g/mol. The average Bonchev–Trinajstić information content (AvgIpc) is 2.42. The van der Waals surface area contributed by atoms with E-state index in [0.717, 1.165) is 5.56 Å². The Labute approximate surface area is 122 Å². The quantitative estimate of drug-likeness (QED) is 0.904. The summed E-state index contributed by atoms with van der Waals surface area (Å²) in [6.45, 7) is 2.06. The van der Waals surface area contributed by atoms with Gasteiger partial charge in [0.2, 0.25) is 5.88 Å². The van der Waals surface area contributed by atoms with E-state index >= 15 is 0 Å². The van der Waals surface area contributed by atoms with Crippen molar-refractivity contribution in [1.29, 1.82) is 0 Å². The van der Waals surface area contributed by atoms with Crippen LogP contribution in [0.5, 0.6) is 11.6 Å². The number of rotatable bonds is 4. The van der Waals surface area contributed by atoms with Crippen molar-refractivity contribution >= 4 is 23.2 Å². The Morgan fingerprint density at radius 2 is 2.00 bits per heavy atom. The van der Waals surface area contributed by atoms with Crippen LogP contribution in [0.3, 0.4) is 0 Å². The molecule has 1 unspecified atom stereocenters. The smallest absolute Gasteiger partial charge is 0.219 e. The molecule has 0 saturated carbocycles. The molecular weight excluding hydrogens is 283 g/mol. The minimum Gasteiger partial charge on any atom is -0.437 e. The summed E-state index contributed by atoms with van der Waals surface area (Å²) in [5.74, 6) is 1.03. The van der Waals surface area contributed by atoms with Crippen molar-refractivity contribution < 1.29 is 4.74 Å². The lowest BCUT2D eigenvalue weighted by atomic mass is 10.1. The molecule has 0 amide bonds. The summed E-state index contributed by atoms with van der Waals surface area (Å²) in [7, 11) is 1.91. The third-order valence-corrected chi connectivity index (χ3v) is 3.33. The highest BCUT2D eigenvalue weighted by atomic mass is 35.5. The van der Waals surface area contributed by atoms with Gasteiger partial charge in [-0.15, -0.1) is 0 Å². The van der Waals surface area contributed by atoms with E-state index < -0.39 is 0 Å². The zero-order chi connectivity index (χ0) is 13.8. The predicted molar refractivity (Wildman–Crippen MR) is 78.2 cm³/mol. The molecule has 1 aromatic carbocycles. The highest BCUT2D eigenvalue weighted by Crippen LogP contribution is 2.30. The highest BCUT2D eigenvalue weighted by molar-refractivity contribution is 6.35. The van der Waals surface area contributed by atoms with E-state index in [9.17, 15) is 0 Å². The summed E-state index contributed by atoms with van der Waals surface area (Å²) in [4.78, 5) is 4.25. The molecular formula is C14H14Cl2N2O. The molecule has 0 aliphatic rings. The van der Waals surface area contributed by atoms with Crippen LogP contribution in [0.1, 0.15) is 18.5 Å². The third kappa shape index (κ3) is 3.60. The minimum atomic E-state index is 0.251. The van der Waals surface area contributed by atoms with Crippen LogP contribution in [-0.2, 0) is 0 Å². The van der Waals surface area contributed by atoms with E-state index in [1.807, 2.05) is 19.2 Å². The molecule has 5 heteroatoms. The molecule has 1 aromatic heterocycles. The topological polar surface area (TPSA) is 34.1 Å². The van der Waals surface area contributed by atoms with Crippen molar-refractivity contribution in [3.05, 3.63) is 52.1 Å². The normalized spacial score (nSPS) is 12.2. The molecule has 0 spiro atoms. The second-order valence-corrected chi connectivity index (χ2v) is 4.96. The first-order chi connectivity index (χ1) is 9.10. The number of pyridine rings is 1. The van der Waals surface area contributed by atoms with Gasteiger partial charge in [-0.1, -0.05) is 29.3 Å². The lowest BCUT2D eigenvalue weighted by Gasteiger charge is -2.11. The lowest BCUT2D eigenvalue weighted by molar-refractivity contribution is 0.462. The van der Waals surface area contributed by atoms with E-state index in [0.29, 0.717) is 21.7 Å². The van der Waals surface area contributed by atoms with Gasteiger partial charge in [0.15, 0.2) is 0 Å². The fourth-order valence-corrected chi connectivity index (χ4v) is 1.99. The van der Waals surface area contributed by atoms with Gasteiger partial charge in [0.1, 0.15) is 5.75 Å². The zero-order valence-corrected chi connectivity index (χ0v) is 12.2. The maximum absolute atomic E-state index is 6.04. The molecule has 0 fully saturated rings. The van der Waals surface area contributed by atoms with Gasteiger partial charge in [0.25, 0.3) is 0 Å². The first kappa shape index (κ1) is 14.1. The Hall–Kier alpha value is -1.29. The third-order valence-electron chi connectivity index (χ3n) is 2.80. The summed E-state index contributed by atoms with van der Waals surface area (Å²) < 4.78 is 5.61. The molecule has 0 radical (unpaired) electrons. The second kappa shape index (κ2) is 6.24. The molecule has 0 bridgehead atoms. The monoisotopic (exact) mass is 296 g/mol. The number of aromatic nitrogens is 1. The van der Waals surface area contributed by atoms with Crippen molar-refractivity contribution in [3.8, 4) is 11.6 Å². The molecule has 100 valence electrons. The molecule has 2 aromatic rings. The van der Waals surface area contributed by atoms with Crippen molar-refractivity contribution in [2.45, 2.75) is 13.0 Å². The van der Waals surface area contributed by atoms with E-state index in [4.69, 9.17) is 27.9 Å². The van der Waals surface area contributed by atoms with E-state index in [2.05, 4.69) is 17.2 Å². The largest absolute Gasteiger partial charge is 0.437 e. The molecule has 19 heavy (non-hydrogen) atoms. The number of halogens is 2. The maximum Gasteiger partial charge on any atom is 0.219 e. The van der Waals surface area contributed by atoms with Crippen molar-refractivity contribution in [3.63, 3.8) is 0 Å². The summed E-state index contributed by atoms with van der Waals surface area (Å²) in [6, 6.07) is 9.11. The van der Waals surface area contributed by atoms with Crippen LogP contribution >= 0.6 is 23.2 Å². The molecule has 0 aliphatic heterocycles. The van der Waals surface area contributed by atoms with E-state index in [1.165, 1.54) is 0 Å². The molecule has 0 aliphatic carbocycles. The summed E-state index contributed by atoms with van der Waals surface area (Å²) in [5.41, 5.74) is 1.09.